The van der Waals surface area contributed by atoms with Crippen LogP contribution in [0.2, 0.25) is 0 Å². The van der Waals surface area contributed by atoms with Gasteiger partial charge in [0.1, 0.15) is 0 Å². The number of amides is 1. The van der Waals surface area contributed by atoms with Crippen LogP contribution in [0, 0.1) is 0 Å². The highest BCUT2D eigenvalue weighted by Gasteiger charge is 2.34. The second-order valence-corrected chi connectivity index (χ2v) is 8.65. The van der Waals surface area contributed by atoms with Crippen molar-refractivity contribution in [3.05, 3.63) is 58.6 Å². The SMILES string of the molecule is CN(C1CC1)S(=O)(=O)c1ccc(C(=O)Nc2ccc(Br)cc2)cc1. The minimum Gasteiger partial charge on any atom is -0.322 e. The van der Waals surface area contributed by atoms with Gasteiger partial charge in [-0.2, -0.15) is 4.31 Å². The molecule has 0 aliphatic heterocycles. The van der Waals surface area contributed by atoms with Gasteiger partial charge in [0, 0.05) is 28.8 Å². The maximum absolute atomic E-state index is 12.4. The second kappa shape index (κ2) is 6.66. The summed E-state index contributed by atoms with van der Waals surface area (Å²) in [7, 11) is -1.89. The third-order valence-corrected chi connectivity index (χ3v) is 6.41. The molecule has 0 unspecified atom stereocenters. The molecule has 0 spiro atoms. The summed E-state index contributed by atoms with van der Waals surface area (Å²) in [6.07, 6.45) is 1.81. The van der Waals surface area contributed by atoms with Crippen LogP contribution in [-0.2, 0) is 10.0 Å². The number of halogens is 1. The van der Waals surface area contributed by atoms with Gasteiger partial charge in [0.15, 0.2) is 0 Å². The van der Waals surface area contributed by atoms with Crippen molar-refractivity contribution in [1.29, 1.82) is 0 Å². The third-order valence-electron chi connectivity index (χ3n) is 3.96. The smallest absolute Gasteiger partial charge is 0.255 e. The standard InChI is InChI=1S/C17H17BrN2O3S/c1-20(15-8-9-15)24(22,23)16-10-2-12(3-11-16)17(21)19-14-6-4-13(18)5-7-14/h2-7,10-11,15H,8-9H2,1H3,(H,19,21). The number of carbonyl (C=O) groups excluding carboxylic acids is 1. The Balaban J connectivity index is 1.74. The number of hydrogen-bond acceptors (Lipinski definition) is 3. The van der Waals surface area contributed by atoms with Crippen molar-refractivity contribution in [2.75, 3.05) is 12.4 Å². The van der Waals surface area contributed by atoms with Crippen molar-refractivity contribution in [2.24, 2.45) is 0 Å². The molecule has 0 atom stereocenters. The zero-order chi connectivity index (χ0) is 17.3. The molecule has 1 fully saturated rings. The Morgan fingerprint density at radius 2 is 1.67 bits per heavy atom. The largest absolute Gasteiger partial charge is 0.322 e. The number of sulfonamides is 1. The van der Waals surface area contributed by atoms with Gasteiger partial charge in [-0.25, -0.2) is 8.42 Å². The number of anilines is 1. The van der Waals surface area contributed by atoms with Crippen LogP contribution >= 0.6 is 15.9 Å². The van der Waals surface area contributed by atoms with E-state index in [2.05, 4.69) is 21.2 Å². The highest BCUT2D eigenvalue weighted by Crippen LogP contribution is 2.30. The van der Waals surface area contributed by atoms with E-state index in [1.165, 1.54) is 28.6 Å². The number of benzene rings is 2. The fraction of sp³-hybridized carbons (Fsp3) is 0.235. The van der Waals surface area contributed by atoms with Gasteiger partial charge in [-0.15, -0.1) is 0 Å². The third kappa shape index (κ3) is 3.68. The minimum atomic E-state index is -3.49. The average Bonchev–Trinajstić information content (AvgIpc) is 3.41. The van der Waals surface area contributed by atoms with Crippen LogP contribution in [-0.4, -0.2) is 31.7 Å². The summed E-state index contributed by atoms with van der Waals surface area (Å²) in [6.45, 7) is 0. The molecule has 1 aliphatic rings. The number of hydrogen-bond donors (Lipinski definition) is 1. The van der Waals surface area contributed by atoms with Crippen LogP contribution in [0.4, 0.5) is 5.69 Å². The average molecular weight is 409 g/mol. The monoisotopic (exact) mass is 408 g/mol. The first-order valence-electron chi connectivity index (χ1n) is 7.53. The molecule has 0 aromatic heterocycles. The highest BCUT2D eigenvalue weighted by atomic mass is 79.9. The van der Waals surface area contributed by atoms with Gasteiger partial charge in [-0.05, 0) is 61.4 Å². The topological polar surface area (TPSA) is 66.5 Å². The van der Waals surface area contributed by atoms with Crippen LogP contribution in [0.1, 0.15) is 23.2 Å². The van der Waals surface area contributed by atoms with E-state index >= 15 is 0 Å². The predicted octanol–water partition coefficient (Wildman–Crippen LogP) is 3.48. The Kier molecular flexibility index (Phi) is 4.76. The Morgan fingerprint density at radius 3 is 2.21 bits per heavy atom. The van der Waals surface area contributed by atoms with Crippen molar-refractivity contribution in [2.45, 2.75) is 23.8 Å². The molecular formula is C17H17BrN2O3S. The molecule has 0 saturated heterocycles. The van der Waals surface area contributed by atoms with Crippen LogP contribution in [0.5, 0.6) is 0 Å². The summed E-state index contributed by atoms with van der Waals surface area (Å²) in [6, 6.07) is 13.4. The van der Waals surface area contributed by atoms with E-state index in [0.29, 0.717) is 11.3 Å². The normalized spacial score (nSPS) is 14.6. The molecule has 1 N–H and O–H groups in total. The van der Waals surface area contributed by atoms with Crippen LogP contribution < -0.4 is 5.32 Å². The zero-order valence-corrected chi connectivity index (χ0v) is 15.5. The predicted molar refractivity (Wildman–Crippen MR) is 96.5 cm³/mol. The van der Waals surface area contributed by atoms with E-state index in [4.69, 9.17) is 0 Å². The quantitative estimate of drug-likeness (QED) is 0.822. The van der Waals surface area contributed by atoms with Crippen molar-refractivity contribution < 1.29 is 13.2 Å². The summed E-state index contributed by atoms with van der Waals surface area (Å²) in [5.74, 6) is -0.281. The Hall–Kier alpha value is -1.70. The Bertz CT molecular complexity index is 844. The molecule has 2 aromatic carbocycles. The second-order valence-electron chi connectivity index (χ2n) is 5.74. The first-order chi connectivity index (χ1) is 11.4. The van der Waals surface area contributed by atoms with Gasteiger partial charge in [-0.1, -0.05) is 15.9 Å². The first-order valence-corrected chi connectivity index (χ1v) is 9.76. The molecule has 1 amide bonds. The van der Waals surface area contributed by atoms with E-state index in [9.17, 15) is 13.2 Å². The molecule has 0 radical (unpaired) electrons. The summed E-state index contributed by atoms with van der Waals surface area (Å²) < 4.78 is 27.2. The lowest BCUT2D eigenvalue weighted by atomic mass is 10.2. The zero-order valence-electron chi connectivity index (χ0n) is 13.1. The lowest BCUT2D eigenvalue weighted by molar-refractivity contribution is 0.102. The van der Waals surface area contributed by atoms with Gasteiger partial charge in [0.05, 0.1) is 4.90 Å². The molecule has 1 aliphatic carbocycles. The summed E-state index contributed by atoms with van der Waals surface area (Å²) in [5.41, 5.74) is 1.08. The van der Waals surface area contributed by atoms with E-state index in [1.807, 2.05) is 12.1 Å². The number of nitrogens with one attached hydrogen (secondary N) is 1. The van der Waals surface area contributed by atoms with Crippen LogP contribution in [0.3, 0.4) is 0 Å². The van der Waals surface area contributed by atoms with Gasteiger partial charge in [0.2, 0.25) is 10.0 Å². The lowest BCUT2D eigenvalue weighted by Gasteiger charge is -2.16. The first kappa shape index (κ1) is 17.1. The molecule has 1 saturated carbocycles. The Morgan fingerprint density at radius 1 is 1.08 bits per heavy atom. The molecule has 0 bridgehead atoms. The van der Waals surface area contributed by atoms with Gasteiger partial charge < -0.3 is 5.32 Å². The van der Waals surface area contributed by atoms with E-state index in [-0.39, 0.29) is 16.8 Å². The van der Waals surface area contributed by atoms with Crippen molar-refractivity contribution in [3.63, 3.8) is 0 Å². The van der Waals surface area contributed by atoms with E-state index in [0.717, 1.165) is 17.3 Å². The molecule has 7 heteroatoms. The van der Waals surface area contributed by atoms with Gasteiger partial charge in [0.25, 0.3) is 5.91 Å². The minimum absolute atomic E-state index is 0.107. The number of rotatable bonds is 5. The molecule has 0 heterocycles. The van der Waals surface area contributed by atoms with Crippen molar-refractivity contribution >= 4 is 37.5 Å². The van der Waals surface area contributed by atoms with E-state index in [1.54, 1.807) is 19.2 Å². The van der Waals surface area contributed by atoms with Crippen LogP contribution in [0.15, 0.2) is 57.9 Å². The molecule has 126 valence electrons. The molecule has 3 rings (SSSR count). The van der Waals surface area contributed by atoms with Crippen molar-refractivity contribution in [3.8, 4) is 0 Å². The van der Waals surface area contributed by atoms with Gasteiger partial charge in [-0.3, -0.25) is 4.79 Å². The van der Waals surface area contributed by atoms with Crippen molar-refractivity contribution in [1.82, 2.24) is 4.31 Å². The van der Waals surface area contributed by atoms with E-state index < -0.39 is 10.0 Å². The van der Waals surface area contributed by atoms with Crippen LogP contribution in [0.25, 0.3) is 0 Å². The summed E-state index contributed by atoms with van der Waals surface area (Å²) >= 11 is 3.34. The summed E-state index contributed by atoms with van der Waals surface area (Å²) in [4.78, 5) is 12.4. The molecule has 24 heavy (non-hydrogen) atoms. The maximum Gasteiger partial charge on any atom is 0.255 e. The number of nitrogens with zero attached hydrogens (tertiary/aromatic N) is 1. The van der Waals surface area contributed by atoms with Gasteiger partial charge >= 0.3 is 0 Å². The molecular weight excluding hydrogens is 392 g/mol. The molecule has 2 aromatic rings. The number of carbonyl (C=O) groups is 1. The fourth-order valence-electron chi connectivity index (χ4n) is 2.32. The lowest BCUT2D eigenvalue weighted by Crippen LogP contribution is -2.29. The fourth-order valence-corrected chi connectivity index (χ4v) is 4.00. The maximum atomic E-state index is 12.4. The Labute approximate surface area is 149 Å². The molecule has 5 nitrogen and oxygen atoms in total. The summed E-state index contributed by atoms with van der Waals surface area (Å²) in [5, 5.41) is 2.77. The highest BCUT2D eigenvalue weighted by molar-refractivity contribution is 9.10.